The lowest BCUT2D eigenvalue weighted by atomic mass is 10.1. The molecule has 0 bridgehead atoms. The summed E-state index contributed by atoms with van der Waals surface area (Å²) in [6.45, 7) is -0.384. The summed E-state index contributed by atoms with van der Waals surface area (Å²) in [5, 5.41) is 2.27. The molecule has 0 fully saturated rings. The molecule has 0 saturated carbocycles. The number of hydrogen-bond acceptors (Lipinski definition) is 0. The standard InChI is InChI=1S/C11H9F/c12-8-9-5-6-10-3-1-2-4-11(10)7-9/h1-7H,8H2. The van der Waals surface area contributed by atoms with E-state index in [4.69, 9.17) is 0 Å². The number of alkyl halides is 1. The predicted octanol–water partition coefficient (Wildman–Crippen LogP) is 3.31. The molecule has 0 aliphatic carbocycles. The van der Waals surface area contributed by atoms with Crippen LogP contribution in [-0.4, -0.2) is 0 Å². The van der Waals surface area contributed by atoms with Crippen molar-refractivity contribution in [2.45, 2.75) is 6.67 Å². The van der Waals surface area contributed by atoms with E-state index in [1.165, 1.54) is 0 Å². The molecule has 0 N–H and O–H groups in total. The largest absolute Gasteiger partial charge is 0.246 e. The van der Waals surface area contributed by atoms with Crippen molar-refractivity contribution in [2.75, 3.05) is 0 Å². The number of halogens is 1. The van der Waals surface area contributed by atoms with Crippen LogP contribution in [0.4, 0.5) is 4.39 Å². The molecule has 0 amide bonds. The third-order valence-electron chi connectivity index (χ3n) is 1.97. The predicted molar refractivity (Wildman–Crippen MR) is 48.8 cm³/mol. The van der Waals surface area contributed by atoms with Gasteiger partial charge < -0.3 is 0 Å². The van der Waals surface area contributed by atoms with E-state index < -0.39 is 0 Å². The van der Waals surface area contributed by atoms with Crippen molar-refractivity contribution in [2.24, 2.45) is 0 Å². The summed E-state index contributed by atoms with van der Waals surface area (Å²) >= 11 is 0. The quantitative estimate of drug-likeness (QED) is 0.600. The Balaban J connectivity index is 2.67. The minimum atomic E-state index is -0.384. The second-order valence-corrected chi connectivity index (χ2v) is 2.82. The maximum atomic E-state index is 12.3. The molecule has 0 aromatic heterocycles. The van der Waals surface area contributed by atoms with Crippen LogP contribution in [0.3, 0.4) is 0 Å². The number of hydrogen-bond donors (Lipinski definition) is 0. The van der Waals surface area contributed by atoms with Gasteiger partial charge in [-0.2, -0.15) is 0 Å². The van der Waals surface area contributed by atoms with Crippen LogP contribution in [0, 0.1) is 0 Å². The normalized spacial score (nSPS) is 10.4. The Morgan fingerprint density at radius 3 is 2.42 bits per heavy atom. The number of rotatable bonds is 1. The summed E-state index contributed by atoms with van der Waals surface area (Å²) in [5.41, 5.74) is 0.744. The van der Waals surface area contributed by atoms with Crippen LogP contribution < -0.4 is 0 Å². The Morgan fingerprint density at radius 2 is 1.67 bits per heavy atom. The van der Waals surface area contributed by atoms with Crippen molar-refractivity contribution in [1.82, 2.24) is 0 Å². The molecule has 0 saturated heterocycles. The van der Waals surface area contributed by atoms with Crippen LogP contribution in [-0.2, 0) is 6.67 Å². The summed E-state index contributed by atoms with van der Waals surface area (Å²) in [5.74, 6) is 0. The molecular weight excluding hydrogens is 151 g/mol. The van der Waals surface area contributed by atoms with Gasteiger partial charge in [0.2, 0.25) is 0 Å². The van der Waals surface area contributed by atoms with Gasteiger partial charge in [0.1, 0.15) is 6.67 Å². The van der Waals surface area contributed by atoms with Gasteiger partial charge in [-0.05, 0) is 22.4 Å². The molecule has 60 valence electrons. The van der Waals surface area contributed by atoms with Crippen molar-refractivity contribution in [3.63, 3.8) is 0 Å². The monoisotopic (exact) mass is 160 g/mol. The van der Waals surface area contributed by atoms with Crippen molar-refractivity contribution in [3.8, 4) is 0 Å². The molecule has 2 aromatic carbocycles. The van der Waals surface area contributed by atoms with Gasteiger partial charge in [-0.15, -0.1) is 0 Å². The third kappa shape index (κ3) is 1.18. The van der Waals surface area contributed by atoms with Gasteiger partial charge >= 0.3 is 0 Å². The van der Waals surface area contributed by atoms with Crippen molar-refractivity contribution in [1.29, 1.82) is 0 Å². The van der Waals surface area contributed by atoms with E-state index in [2.05, 4.69) is 0 Å². The zero-order valence-corrected chi connectivity index (χ0v) is 6.63. The Morgan fingerprint density at radius 1 is 0.917 bits per heavy atom. The molecule has 0 heterocycles. The first kappa shape index (κ1) is 7.29. The molecule has 0 spiro atoms. The van der Waals surface area contributed by atoms with Crippen molar-refractivity contribution >= 4 is 10.8 Å². The highest BCUT2D eigenvalue weighted by molar-refractivity contribution is 5.82. The molecular formula is C11H9F. The average Bonchev–Trinajstić information content (AvgIpc) is 2.17. The summed E-state index contributed by atoms with van der Waals surface area (Å²) < 4.78 is 12.3. The topological polar surface area (TPSA) is 0 Å². The van der Waals surface area contributed by atoms with E-state index in [1.54, 1.807) is 0 Å². The molecule has 0 aliphatic rings. The van der Waals surface area contributed by atoms with E-state index in [0.29, 0.717) is 0 Å². The van der Waals surface area contributed by atoms with Gasteiger partial charge in [0.05, 0.1) is 0 Å². The van der Waals surface area contributed by atoms with Crippen LogP contribution in [0.5, 0.6) is 0 Å². The fourth-order valence-electron chi connectivity index (χ4n) is 1.32. The summed E-state index contributed by atoms with van der Waals surface area (Å²) in [7, 11) is 0. The lowest BCUT2D eigenvalue weighted by Gasteiger charge is -1.98. The van der Waals surface area contributed by atoms with E-state index in [1.807, 2.05) is 42.5 Å². The Kier molecular flexibility index (Phi) is 1.78. The zero-order valence-electron chi connectivity index (χ0n) is 6.63. The van der Waals surface area contributed by atoms with Crippen molar-refractivity contribution in [3.05, 3.63) is 48.0 Å². The van der Waals surface area contributed by atoms with Crippen molar-refractivity contribution < 1.29 is 4.39 Å². The third-order valence-corrected chi connectivity index (χ3v) is 1.97. The first-order valence-corrected chi connectivity index (χ1v) is 3.94. The highest BCUT2D eigenvalue weighted by atomic mass is 19.1. The SMILES string of the molecule is FCc1ccc2ccccc2c1. The van der Waals surface area contributed by atoms with Crippen LogP contribution in [0.1, 0.15) is 5.56 Å². The van der Waals surface area contributed by atoms with Crippen LogP contribution >= 0.6 is 0 Å². The second kappa shape index (κ2) is 2.94. The summed E-state index contributed by atoms with van der Waals surface area (Å²) in [6.07, 6.45) is 0. The Hall–Kier alpha value is -1.37. The van der Waals surface area contributed by atoms with Gasteiger partial charge in [0.15, 0.2) is 0 Å². The van der Waals surface area contributed by atoms with Gasteiger partial charge in [-0.1, -0.05) is 36.4 Å². The van der Waals surface area contributed by atoms with E-state index in [-0.39, 0.29) is 6.67 Å². The smallest absolute Gasteiger partial charge is 0.115 e. The molecule has 0 atom stereocenters. The first-order chi connectivity index (χ1) is 5.90. The van der Waals surface area contributed by atoms with E-state index >= 15 is 0 Å². The van der Waals surface area contributed by atoms with Crippen LogP contribution in [0.15, 0.2) is 42.5 Å². The fraction of sp³-hybridized carbons (Fsp3) is 0.0909. The second-order valence-electron chi connectivity index (χ2n) is 2.82. The van der Waals surface area contributed by atoms with Gasteiger partial charge in [-0.25, -0.2) is 4.39 Å². The lowest BCUT2D eigenvalue weighted by Crippen LogP contribution is -1.78. The summed E-state index contributed by atoms with van der Waals surface area (Å²) in [4.78, 5) is 0. The van der Waals surface area contributed by atoms with E-state index in [9.17, 15) is 4.39 Å². The number of fused-ring (bicyclic) bond motifs is 1. The molecule has 0 unspecified atom stereocenters. The van der Waals surface area contributed by atoms with Crippen LogP contribution in [0.2, 0.25) is 0 Å². The minimum absolute atomic E-state index is 0.384. The Bertz CT molecular complexity index is 393. The lowest BCUT2D eigenvalue weighted by molar-refractivity contribution is 0.485. The van der Waals surface area contributed by atoms with Gasteiger partial charge in [-0.3, -0.25) is 0 Å². The number of benzene rings is 2. The molecule has 2 rings (SSSR count). The average molecular weight is 160 g/mol. The molecule has 1 heteroatoms. The molecule has 2 aromatic rings. The van der Waals surface area contributed by atoms with Gasteiger partial charge in [0, 0.05) is 0 Å². The summed E-state index contributed by atoms with van der Waals surface area (Å²) in [6, 6.07) is 13.6. The highest BCUT2D eigenvalue weighted by Crippen LogP contribution is 2.15. The molecule has 0 nitrogen and oxygen atoms in total. The Labute approximate surface area is 70.6 Å². The van der Waals surface area contributed by atoms with Crippen LogP contribution in [0.25, 0.3) is 10.8 Å². The van der Waals surface area contributed by atoms with E-state index in [0.717, 1.165) is 16.3 Å². The molecule has 0 aliphatic heterocycles. The fourth-order valence-corrected chi connectivity index (χ4v) is 1.32. The first-order valence-electron chi connectivity index (χ1n) is 3.94. The maximum Gasteiger partial charge on any atom is 0.115 e. The maximum absolute atomic E-state index is 12.3. The highest BCUT2D eigenvalue weighted by Gasteiger charge is 1.93. The molecule has 12 heavy (non-hydrogen) atoms. The minimum Gasteiger partial charge on any atom is -0.246 e. The molecule has 0 radical (unpaired) electrons. The van der Waals surface area contributed by atoms with Gasteiger partial charge in [0.25, 0.3) is 0 Å². The zero-order chi connectivity index (χ0) is 8.39.